The molecule has 1 aromatic heterocycles. The van der Waals surface area contributed by atoms with Crippen LogP contribution in [0.1, 0.15) is 110 Å². The lowest BCUT2D eigenvalue weighted by Gasteiger charge is -2.66. The summed E-state index contributed by atoms with van der Waals surface area (Å²) < 4.78 is 25.6. The van der Waals surface area contributed by atoms with Crippen LogP contribution in [0.3, 0.4) is 0 Å². The Kier molecular flexibility index (Phi) is 5.72. The van der Waals surface area contributed by atoms with Gasteiger partial charge < -0.3 is 34.1 Å². The molecule has 2 saturated carbocycles. The van der Waals surface area contributed by atoms with Gasteiger partial charge in [0.15, 0.2) is 11.7 Å². The molecule has 47 heavy (non-hydrogen) atoms. The lowest BCUT2D eigenvalue weighted by Crippen LogP contribution is -2.76. The number of aromatic nitrogens is 1. The topological polar surface area (TPSA) is 114 Å². The second kappa shape index (κ2) is 8.73. The highest BCUT2D eigenvalue weighted by Crippen LogP contribution is 2.75. The Bertz CT molecular complexity index is 1780. The summed E-state index contributed by atoms with van der Waals surface area (Å²) in [6.45, 7) is 18.2. The lowest BCUT2D eigenvalue weighted by atomic mass is 9.40. The Labute approximate surface area is 277 Å². The molecule has 0 bridgehead atoms. The van der Waals surface area contributed by atoms with Crippen molar-refractivity contribution in [2.24, 2.45) is 17.3 Å². The predicted molar refractivity (Wildman–Crippen MR) is 177 cm³/mol. The number of nitrogens with one attached hydrogen (secondary N) is 1. The average Bonchev–Trinajstić information content (AvgIpc) is 3.35. The van der Waals surface area contributed by atoms with E-state index in [2.05, 4.69) is 64.7 Å². The molecule has 254 valence electrons. The van der Waals surface area contributed by atoms with Crippen molar-refractivity contribution < 1.29 is 34.0 Å². The van der Waals surface area contributed by atoms with Crippen molar-refractivity contribution in [3.8, 4) is 0 Å². The molecule has 5 unspecified atom stereocenters. The smallest absolute Gasteiger partial charge is 0.303 e. The first-order valence-electron chi connectivity index (χ1n) is 17.8. The van der Waals surface area contributed by atoms with Crippen LogP contribution in [0.25, 0.3) is 16.5 Å². The number of carbonyl (C=O) groups is 1. The highest BCUT2D eigenvalue weighted by Gasteiger charge is 2.87. The minimum absolute atomic E-state index is 0.241. The Morgan fingerprint density at radius 2 is 1.81 bits per heavy atom. The number of hydrogen-bond acceptors (Lipinski definition) is 7. The molecule has 4 aliphatic carbocycles. The van der Waals surface area contributed by atoms with E-state index in [0.29, 0.717) is 24.7 Å². The van der Waals surface area contributed by atoms with Gasteiger partial charge in [-0.15, -0.1) is 0 Å². The summed E-state index contributed by atoms with van der Waals surface area (Å²) in [6, 6.07) is 4.83. The van der Waals surface area contributed by atoms with Crippen LogP contribution in [0, 0.1) is 17.3 Å². The third-order valence-electron chi connectivity index (χ3n) is 14.4. The van der Waals surface area contributed by atoms with Gasteiger partial charge >= 0.3 is 5.97 Å². The summed E-state index contributed by atoms with van der Waals surface area (Å²) in [5.41, 5.74) is 3.10. The molecule has 10 atom stereocenters. The summed E-state index contributed by atoms with van der Waals surface area (Å²) in [6.07, 6.45) is 4.75. The summed E-state index contributed by atoms with van der Waals surface area (Å²) in [5.74, 6) is 0.274. The number of aliphatic hydroxyl groups is 2. The van der Waals surface area contributed by atoms with Crippen LogP contribution in [-0.2, 0) is 42.0 Å². The molecule has 1 spiro atoms. The molecule has 1 aromatic carbocycles. The zero-order chi connectivity index (χ0) is 33.5. The third-order valence-corrected chi connectivity index (χ3v) is 14.4. The molecule has 9 rings (SSSR count). The van der Waals surface area contributed by atoms with E-state index in [0.717, 1.165) is 25.7 Å². The Morgan fingerprint density at radius 1 is 1.06 bits per heavy atom. The van der Waals surface area contributed by atoms with Crippen molar-refractivity contribution in [1.82, 2.24) is 4.98 Å². The highest BCUT2D eigenvalue weighted by atomic mass is 16.7. The fraction of sp³-hybridized carbons (Fsp3) is 0.718. The quantitative estimate of drug-likeness (QED) is 0.285. The van der Waals surface area contributed by atoms with Gasteiger partial charge in [-0.25, -0.2) is 0 Å². The standard InChI is InChI=1S/C39H51NO7/c1-19(41)44-29-31(34(4,5)42)45-28-11-12-36(8)37(9)21(10-13-38(36,43)39(28)32(29)46-39)16-24-23-14-20-15-26-25(18-33(2,3)47-35(26,6)7)22(20)17-27(23)40-30(24)37/h14,17-18,21,26,28-29,31-32,40,42-43H,10-13,15-16H2,1-9H3/t21?,26?,28?,29-,31?,32+,36-,37-,38+,39?/m1/s1. The fourth-order valence-corrected chi connectivity index (χ4v) is 12.3. The Balaban J connectivity index is 1.14. The molecule has 4 heterocycles. The van der Waals surface area contributed by atoms with Crippen molar-refractivity contribution in [1.29, 1.82) is 0 Å². The second-order valence-corrected chi connectivity index (χ2v) is 18.2. The third kappa shape index (κ3) is 3.55. The molecule has 0 amide bonds. The summed E-state index contributed by atoms with van der Waals surface area (Å²) >= 11 is 0. The van der Waals surface area contributed by atoms with Crippen LogP contribution >= 0.6 is 0 Å². The monoisotopic (exact) mass is 645 g/mol. The van der Waals surface area contributed by atoms with E-state index in [-0.39, 0.29) is 16.6 Å². The number of hydrogen-bond donors (Lipinski definition) is 3. The van der Waals surface area contributed by atoms with Crippen LogP contribution in [-0.4, -0.2) is 73.6 Å². The number of H-pyrrole nitrogens is 1. The first kappa shape index (κ1) is 30.8. The zero-order valence-electron chi connectivity index (χ0n) is 29.4. The van der Waals surface area contributed by atoms with Crippen molar-refractivity contribution in [3.05, 3.63) is 40.6 Å². The van der Waals surface area contributed by atoms with Crippen molar-refractivity contribution in [2.45, 2.75) is 159 Å². The zero-order valence-corrected chi connectivity index (χ0v) is 29.4. The number of ether oxygens (including phenoxy) is 4. The van der Waals surface area contributed by atoms with E-state index >= 15 is 0 Å². The van der Waals surface area contributed by atoms with Crippen LogP contribution in [0.15, 0.2) is 18.2 Å². The highest BCUT2D eigenvalue weighted by molar-refractivity contribution is 5.92. The second-order valence-electron chi connectivity index (χ2n) is 18.2. The van der Waals surface area contributed by atoms with E-state index in [1.165, 1.54) is 45.8 Å². The first-order valence-corrected chi connectivity index (χ1v) is 17.8. The maximum absolute atomic E-state index is 13.2. The van der Waals surface area contributed by atoms with E-state index < -0.39 is 52.6 Å². The first-order chi connectivity index (χ1) is 21.8. The average molecular weight is 646 g/mol. The molecule has 2 saturated heterocycles. The summed E-state index contributed by atoms with van der Waals surface area (Å²) in [4.78, 5) is 16.3. The molecule has 4 fully saturated rings. The number of aromatic amines is 1. The maximum atomic E-state index is 13.2. The SMILES string of the molecule is CC(=O)O[C@@H]1C(C(C)(C)O)OC2CC[C@]3(C)[C@@]4(C)c5[nH]c6cc7c(cc6c5CC4CC[C@@]3(O)C23O[C@@H]13)CC1C7=CC(C)(C)OC1(C)C. The van der Waals surface area contributed by atoms with Gasteiger partial charge in [-0.1, -0.05) is 13.8 Å². The minimum Gasteiger partial charge on any atom is -0.457 e. The molecule has 3 N–H and O–H groups in total. The van der Waals surface area contributed by atoms with E-state index in [9.17, 15) is 15.0 Å². The molecular weight excluding hydrogens is 594 g/mol. The summed E-state index contributed by atoms with van der Waals surface area (Å²) in [5, 5.41) is 25.6. The largest absolute Gasteiger partial charge is 0.457 e. The van der Waals surface area contributed by atoms with Crippen LogP contribution < -0.4 is 0 Å². The molecule has 7 aliphatic rings. The molecule has 8 heteroatoms. The van der Waals surface area contributed by atoms with Gasteiger partial charge in [-0.2, -0.15) is 0 Å². The van der Waals surface area contributed by atoms with E-state index in [1.54, 1.807) is 13.8 Å². The van der Waals surface area contributed by atoms with Gasteiger partial charge in [-0.05, 0) is 126 Å². The fourth-order valence-electron chi connectivity index (χ4n) is 12.3. The predicted octanol–water partition coefficient (Wildman–Crippen LogP) is 5.67. The van der Waals surface area contributed by atoms with Gasteiger partial charge in [0.2, 0.25) is 0 Å². The number of carbonyl (C=O) groups excluding carboxylic acids is 1. The molecule has 8 nitrogen and oxygen atoms in total. The van der Waals surface area contributed by atoms with Crippen LogP contribution in [0.5, 0.6) is 0 Å². The van der Waals surface area contributed by atoms with E-state index in [4.69, 9.17) is 18.9 Å². The number of epoxide rings is 1. The van der Waals surface area contributed by atoms with Crippen LogP contribution in [0.4, 0.5) is 0 Å². The van der Waals surface area contributed by atoms with Gasteiger partial charge in [0.1, 0.15) is 17.8 Å². The van der Waals surface area contributed by atoms with Gasteiger partial charge in [0, 0.05) is 40.3 Å². The van der Waals surface area contributed by atoms with Crippen molar-refractivity contribution >= 4 is 22.4 Å². The number of benzene rings is 1. The van der Waals surface area contributed by atoms with Crippen molar-refractivity contribution in [2.75, 3.05) is 0 Å². The number of rotatable bonds is 2. The number of fused-ring (bicyclic) bond motifs is 10. The lowest BCUT2D eigenvalue weighted by molar-refractivity contribution is -0.282. The Hall–Kier alpha value is -2.23. The van der Waals surface area contributed by atoms with Crippen molar-refractivity contribution in [3.63, 3.8) is 0 Å². The maximum Gasteiger partial charge on any atom is 0.303 e. The van der Waals surface area contributed by atoms with E-state index in [1.807, 2.05) is 0 Å². The minimum atomic E-state index is -1.25. The van der Waals surface area contributed by atoms with Gasteiger partial charge in [0.05, 0.1) is 22.9 Å². The molecule has 0 radical (unpaired) electrons. The molecule has 3 aliphatic heterocycles. The normalized spacial score (nSPS) is 45.0. The molecular formula is C39H51NO7. The van der Waals surface area contributed by atoms with Gasteiger partial charge in [0.25, 0.3) is 0 Å². The summed E-state index contributed by atoms with van der Waals surface area (Å²) in [7, 11) is 0. The van der Waals surface area contributed by atoms with Gasteiger partial charge in [-0.3, -0.25) is 4.79 Å². The molecule has 2 aromatic rings. The number of esters is 1. The van der Waals surface area contributed by atoms with Crippen LogP contribution in [0.2, 0.25) is 0 Å². The Morgan fingerprint density at radius 3 is 2.51 bits per heavy atom.